The lowest BCUT2D eigenvalue weighted by molar-refractivity contribution is 0.112. The predicted molar refractivity (Wildman–Crippen MR) is 195 cm³/mol. The fourth-order valence-corrected chi connectivity index (χ4v) is 6.53. The van der Waals surface area contributed by atoms with Gasteiger partial charge in [0.1, 0.15) is 6.29 Å². The zero-order valence-corrected chi connectivity index (χ0v) is 31.0. The fourth-order valence-electron chi connectivity index (χ4n) is 3.76. The number of halogens is 4. The van der Waals surface area contributed by atoms with Crippen LogP contribution in [-0.4, -0.2) is 6.29 Å². The molecule has 0 unspecified atom stereocenters. The summed E-state index contributed by atoms with van der Waals surface area (Å²) in [7, 11) is 0. The number of hydrogen-bond donors (Lipinski definition) is 0. The molecule has 7 heteroatoms. The van der Waals surface area contributed by atoms with Crippen molar-refractivity contribution in [3.05, 3.63) is 147 Å². The molecule has 4 aromatic carbocycles. The van der Waals surface area contributed by atoms with E-state index in [9.17, 15) is 4.79 Å². The molecule has 0 spiro atoms. The number of rotatable bonds is 3. The SMILES string of the molecule is Cc1cc(Br)cc(/C=C/C#N)c1.Cc1cc(Br)cc(Br)c1.Cc1cc(Br)cc(C=O)c1.Cc1cc(C)cc(/C=C/C#N)c1. The normalized spacial score (nSPS) is 9.84. The van der Waals surface area contributed by atoms with E-state index in [2.05, 4.69) is 115 Å². The second kappa shape index (κ2) is 20.8. The van der Waals surface area contributed by atoms with Gasteiger partial charge in [-0.05, 0) is 123 Å². The lowest BCUT2D eigenvalue weighted by Gasteiger charge is -1.98. The molecule has 4 rings (SSSR count). The van der Waals surface area contributed by atoms with Gasteiger partial charge in [-0.1, -0.05) is 99.1 Å². The predicted octanol–water partition coefficient (Wildman–Crippen LogP) is 12.2. The molecular weight excluding hydrogens is 796 g/mol. The van der Waals surface area contributed by atoms with Gasteiger partial charge in [-0.3, -0.25) is 4.79 Å². The first-order valence-corrected chi connectivity index (χ1v) is 16.1. The Hall–Kier alpha value is -3.07. The Balaban J connectivity index is 0.000000289. The Kier molecular flexibility index (Phi) is 18.3. The molecule has 0 saturated carbocycles. The first-order chi connectivity index (χ1) is 20.3. The number of nitriles is 2. The number of nitrogens with zero attached hydrogens (tertiary/aromatic N) is 2. The van der Waals surface area contributed by atoms with E-state index < -0.39 is 0 Å². The highest BCUT2D eigenvalue weighted by atomic mass is 79.9. The number of aldehydes is 1. The average molecular weight is 828 g/mol. The van der Waals surface area contributed by atoms with E-state index in [-0.39, 0.29) is 0 Å². The first-order valence-electron chi connectivity index (χ1n) is 13.0. The number of allylic oxidation sites excluding steroid dienone is 2. The number of hydrogen-bond acceptors (Lipinski definition) is 3. The summed E-state index contributed by atoms with van der Waals surface area (Å²) in [5, 5.41) is 16.6. The van der Waals surface area contributed by atoms with Crippen molar-refractivity contribution in [3.63, 3.8) is 0 Å². The highest BCUT2D eigenvalue weighted by Crippen LogP contribution is 2.19. The minimum Gasteiger partial charge on any atom is -0.298 e. The van der Waals surface area contributed by atoms with Gasteiger partial charge < -0.3 is 0 Å². The Morgan fingerprint density at radius 2 is 0.767 bits per heavy atom. The van der Waals surface area contributed by atoms with E-state index in [0.717, 1.165) is 40.9 Å². The van der Waals surface area contributed by atoms with Crippen LogP contribution in [0.15, 0.2) is 103 Å². The zero-order valence-electron chi connectivity index (χ0n) is 24.6. The maximum atomic E-state index is 10.3. The van der Waals surface area contributed by atoms with Gasteiger partial charge >= 0.3 is 0 Å². The Labute approximate surface area is 289 Å². The van der Waals surface area contributed by atoms with E-state index in [0.29, 0.717) is 5.56 Å². The molecule has 0 bridgehead atoms. The monoisotopic (exact) mass is 824 g/mol. The third kappa shape index (κ3) is 17.6. The Morgan fingerprint density at radius 1 is 0.465 bits per heavy atom. The summed E-state index contributed by atoms with van der Waals surface area (Å²) in [5.74, 6) is 0. The van der Waals surface area contributed by atoms with Gasteiger partial charge in [0.2, 0.25) is 0 Å². The summed E-state index contributed by atoms with van der Waals surface area (Å²) in [4.78, 5) is 10.3. The largest absolute Gasteiger partial charge is 0.298 e. The number of benzene rings is 4. The van der Waals surface area contributed by atoms with Crippen molar-refractivity contribution in [3.8, 4) is 12.1 Å². The van der Waals surface area contributed by atoms with Crippen molar-refractivity contribution in [2.24, 2.45) is 0 Å². The summed E-state index contributed by atoms with van der Waals surface area (Å²) in [5.41, 5.74) is 8.85. The minimum atomic E-state index is 0.715. The van der Waals surface area contributed by atoms with Crippen LogP contribution in [0.3, 0.4) is 0 Å². The second-order valence-corrected chi connectivity index (χ2v) is 13.2. The molecule has 4 aromatic rings. The number of aryl methyl sites for hydroxylation is 5. The molecule has 0 amide bonds. The van der Waals surface area contributed by atoms with Gasteiger partial charge in [0.15, 0.2) is 0 Å². The Bertz CT molecular complexity index is 1480. The molecule has 220 valence electrons. The standard InChI is InChI=1S/C11H11N.C10H8BrN.C8H7BrO.C7H6Br2/c1-9-6-10(2)8-11(7-9)4-3-5-12;1-8-5-9(3-2-4-12)7-10(11)6-8;1-6-2-7(5-10)4-8(9)3-6;1-5-2-6(8)4-7(9)3-5/h3-4,6-8H,1-2H3;2-3,5-7H,1H3;2-5H,1H3;2-4H,1H3/b4-3+;3-2+;;. The molecule has 0 aliphatic rings. The highest BCUT2D eigenvalue weighted by Gasteiger charge is 1.94. The summed E-state index contributed by atoms with van der Waals surface area (Å²) < 4.78 is 4.23. The van der Waals surface area contributed by atoms with Crippen LogP contribution in [0.1, 0.15) is 49.3 Å². The van der Waals surface area contributed by atoms with E-state index in [1.54, 1.807) is 12.1 Å². The van der Waals surface area contributed by atoms with Gasteiger partial charge in [-0.15, -0.1) is 0 Å². The van der Waals surface area contributed by atoms with Crippen molar-refractivity contribution in [2.45, 2.75) is 34.6 Å². The van der Waals surface area contributed by atoms with Crippen LogP contribution in [0.4, 0.5) is 0 Å². The molecule has 0 N–H and O–H groups in total. The molecule has 0 radical (unpaired) electrons. The molecule has 0 atom stereocenters. The maximum absolute atomic E-state index is 10.3. The lowest BCUT2D eigenvalue weighted by atomic mass is 10.1. The molecular formula is C36H32Br4N2O. The molecule has 0 aliphatic heterocycles. The zero-order chi connectivity index (χ0) is 32.4. The van der Waals surface area contributed by atoms with Crippen molar-refractivity contribution in [1.29, 1.82) is 10.5 Å². The summed E-state index contributed by atoms with van der Waals surface area (Å²) in [6.45, 7) is 10.1. The summed E-state index contributed by atoms with van der Waals surface area (Å²) >= 11 is 13.4. The van der Waals surface area contributed by atoms with Crippen LogP contribution in [0.5, 0.6) is 0 Å². The van der Waals surface area contributed by atoms with Crippen LogP contribution in [-0.2, 0) is 0 Å². The number of carbonyl (C=O) groups is 1. The van der Waals surface area contributed by atoms with Gasteiger partial charge in [-0.2, -0.15) is 10.5 Å². The summed E-state index contributed by atoms with van der Waals surface area (Å²) in [6, 6.07) is 28.0. The second-order valence-electron chi connectivity index (χ2n) is 9.53. The van der Waals surface area contributed by atoms with Gasteiger partial charge in [-0.25, -0.2) is 0 Å². The molecule has 0 saturated heterocycles. The van der Waals surface area contributed by atoms with Crippen molar-refractivity contribution in [2.75, 3.05) is 0 Å². The molecule has 43 heavy (non-hydrogen) atoms. The van der Waals surface area contributed by atoms with Crippen molar-refractivity contribution >= 4 is 82.2 Å². The minimum absolute atomic E-state index is 0.715. The molecule has 0 aliphatic carbocycles. The van der Waals surface area contributed by atoms with Crippen LogP contribution in [0.25, 0.3) is 12.2 Å². The molecule has 0 fully saturated rings. The smallest absolute Gasteiger partial charge is 0.150 e. The van der Waals surface area contributed by atoms with E-state index >= 15 is 0 Å². The van der Waals surface area contributed by atoms with Crippen LogP contribution < -0.4 is 0 Å². The van der Waals surface area contributed by atoms with Crippen molar-refractivity contribution < 1.29 is 4.79 Å². The van der Waals surface area contributed by atoms with Gasteiger partial charge in [0.25, 0.3) is 0 Å². The topological polar surface area (TPSA) is 64.7 Å². The third-order valence-electron chi connectivity index (χ3n) is 5.22. The van der Waals surface area contributed by atoms with Gasteiger partial charge in [0.05, 0.1) is 12.1 Å². The lowest BCUT2D eigenvalue weighted by Crippen LogP contribution is -1.80. The highest BCUT2D eigenvalue weighted by molar-refractivity contribution is 9.11. The number of carbonyl (C=O) groups excluding carboxylic acids is 1. The van der Waals surface area contributed by atoms with Crippen LogP contribution in [0, 0.1) is 57.3 Å². The fraction of sp³-hybridized carbons (Fsp3) is 0.139. The Morgan fingerprint density at radius 3 is 1.12 bits per heavy atom. The van der Waals surface area contributed by atoms with Crippen LogP contribution >= 0.6 is 63.7 Å². The maximum Gasteiger partial charge on any atom is 0.150 e. The first kappa shape index (κ1) is 38.0. The summed E-state index contributed by atoms with van der Waals surface area (Å²) in [6.07, 6.45) is 7.42. The van der Waals surface area contributed by atoms with Crippen LogP contribution in [0.2, 0.25) is 0 Å². The van der Waals surface area contributed by atoms with E-state index in [1.165, 1.54) is 34.4 Å². The average Bonchev–Trinajstić information content (AvgIpc) is 2.89. The quantitative estimate of drug-likeness (QED) is 0.153. The third-order valence-corrected chi connectivity index (χ3v) is 7.05. The van der Waals surface area contributed by atoms with Gasteiger partial charge in [0, 0.05) is 35.6 Å². The van der Waals surface area contributed by atoms with E-state index in [4.69, 9.17) is 10.5 Å². The molecule has 0 heterocycles. The van der Waals surface area contributed by atoms with Crippen molar-refractivity contribution in [1.82, 2.24) is 0 Å². The molecule has 3 nitrogen and oxygen atoms in total. The van der Waals surface area contributed by atoms with E-state index in [1.807, 2.05) is 68.5 Å². The molecule has 0 aromatic heterocycles.